The van der Waals surface area contributed by atoms with E-state index < -0.39 is 7.12 Å². The fourth-order valence-corrected chi connectivity index (χ4v) is 6.04. The number of hydrogen-bond donors (Lipinski definition) is 0. The summed E-state index contributed by atoms with van der Waals surface area (Å²) in [4.78, 5) is 23.1. The molecule has 2 atom stereocenters. The van der Waals surface area contributed by atoms with Gasteiger partial charge in [-0.2, -0.15) is 0 Å². The predicted octanol–water partition coefficient (Wildman–Crippen LogP) is 6.31. The minimum atomic E-state index is -0.410. The van der Waals surface area contributed by atoms with Gasteiger partial charge in [-0.15, -0.1) is 0 Å². The molecule has 1 aliphatic heterocycles. The smallest absolute Gasteiger partial charge is 0.465 e. The molecule has 0 radical (unpaired) electrons. The maximum Gasteiger partial charge on any atom is 0.495 e. The third-order valence-corrected chi connectivity index (χ3v) is 9.62. The second kappa shape index (κ2) is 10.8. The van der Waals surface area contributed by atoms with E-state index >= 15 is 0 Å². The third kappa shape index (κ3) is 5.38. The Morgan fingerprint density at radius 3 is 1.80 bits per heavy atom. The maximum atomic E-state index is 11.6. The van der Waals surface area contributed by atoms with Gasteiger partial charge in [0.05, 0.1) is 36.5 Å². The first-order valence-corrected chi connectivity index (χ1v) is 14.1. The normalized spacial score (nSPS) is 23.2. The fraction of sp³-hybridized carbons (Fsp3) is 0.515. The highest BCUT2D eigenvalue weighted by Gasteiger charge is 2.52. The Labute approximate surface area is 239 Å². The molecule has 3 aliphatic carbocycles. The highest BCUT2D eigenvalue weighted by Crippen LogP contribution is 2.61. The molecule has 214 valence electrons. The van der Waals surface area contributed by atoms with Gasteiger partial charge in [0.15, 0.2) is 0 Å². The van der Waals surface area contributed by atoms with Crippen LogP contribution < -0.4 is 5.46 Å². The van der Waals surface area contributed by atoms with Crippen LogP contribution in [0, 0.1) is 31.1 Å². The molecule has 1 saturated carbocycles. The minimum absolute atomic E-state index is 0.263. The summed E-state index contributed by atoms with van der Waals surface area (Å²) in [5.41, 5.74) is 6.69. The van der Waals surface area contributed by atoms with Gasteiger partial charge in [-0.25, -0.2) is 9.59 Å². The third-order valence-electron chi connectivity index (χ3n) is 9.62. The van der Waals surface area contributed by atoms with Gasteiger partial charge in [-0.1, -0.05) is 37.6 Å². The number of methoxy groups -OCH3 is 2. The zero-order chi connectivity index (χ0) is 29.6. The molecule has 7 heteroatoms. The van der Waals surface area contributed by atoms with Crippen LogP contribution in [0.1, 0.15) is 91.8 Å². The molecule has 0 N–H and O–H groups in total. The number of benzene rings is 2. The molecule has 0 amide bonds. The average Bonchev–Trinajstić information content (AvgIpc) is 3.13. The van der Waals surface area contributed by atoms with Crippen molar-refractivity contribution >= 4 is 30.1 Å². The lowest BCUT2D eigenvalue weighted by Crippen LogP contribution is -2.47. The molecule has 40 heavy (non-hydrogen) atoms. The van der Waals surface area contributed by atoms with Gasteiger partial charge in [-0.3, -0.25) is 0 Å². The SMILES string of the molecule is COC(=O)c1ccc(B2OC(C)(C)C(C)(C)O2)c(C)c1.COC(=O)c1ccc(C2=CCC3CC2C3(C)C)c(C)c1. The van der Waals surface area contributed by atoms with Gasteiger partial charge >= 0.3 is 19.1 Å². The molecule has 4 aliphatic rings. The van der Waals surface area contributed by atoms with Crippen molar-refractivity contribution in [2.45, 2.75) is 79.4 Å². The van der Waals surface area contributed by atoms with Crippen molar-refractivity contribution in [2.24, 2.45) is 17.3 Å². The van der Waals surface area contributed by atoms with Crippen LogP contribution in [0.5, 0.6) is 0 Å². The number of fused-ring (bicyclic) bond motifs is 1. The van der Waals surface area contributed by atoms with Crippen LogP contribution in [0.25, 0.3) is 5.57 Å². The van der Waals surface area contributed by atoms with Gasteiger partial charge in [-0.05, 0) is 118 Å². The molecule has 2 bridgehead atoms. The van der Waals surface area contributed by atoms with E-state index in [0.717, 1.165) is 16.9 Å². The van der Waals surface area contributed by atoms with Crippen molar-refractivity contribution in [2.75, 3.05) is 14.2 Å². The zero-order valence-electron chi connectivity index (χ0n) is 25.6. The molecule has 2 aromatic rings. The van der Waals surface area contributed by atoms with Crippen LogP contribution in [0.2, 0.25) is 0 Å². The van der Waals surface area contributed by atoms with E-state index in [0.29, 0.717) is 22.5 Å². The van der Waals surface area contributed by atoms with E-state index in [1.165, 1.54) is 43.8 Å². The molecule has 6 rings (SSSR count). The number of ether oxygens (including phenoxy) is 2. The van der Waals surface area contributed by atoms with Crippen molar-refractivity contribution in [3.63, 3.8) is 0 Å². The van der Waals surface area contributed by atoms with E-state index in [1.54, 1.807) is 12.1 Å². The van der Waals surface area contributed by atoms with Crippen LogP contribution in [-0.2, 0) is 18.8 Å². The highest BCUT2D eigenvalue weighted by molar-refractivity contribution is 6.62. The van der Waals surface area contributed by atoms with Crippen molar-refractivity contribution in [1.82, 2.24) is 0 Å². The van der Waals surface area contributed by atoms with Crippen molar-refractivity contribution < 1.29 is 28.4 Å². The van der Waals surface area contributed by atoms with Gasteiger partial charge in [0.1, 0.15) is 0 Å². The number of hydrogen-bond acceptors (Lipinski definition) is 6. The number of aryl methyl sites for hydroxylation is 2. The van der Waals surface area contributed by atoms with Crippen LogP contribution in [0.15, 0.2) is 42.5 Å². The van der Waals surface area contributed by atoms with E-state index in [-0.39, 0.29) is 23.1 Å². The Balaban J connectivity index is 0.000000185. The molecular weight excluding hydrogens is 503 g/mol. The van der Waals surface area contributed by atoms with Gasteiger partial charge < -0.3 is 18.8 Å². The summed E-state index contributed by atoms with van der Waals surface area (Å²) in [5.74, 6) is 0.921. The van der Waals surface area contributed by atoms with E-state index in [4.69, 9.17) is 18.8 Å². The molecule has 0 spiro atoms. The highest BCUT2D eigenvalue weighted by atomic mass is 16.7. The van der Waals surface area contributed by atoms with E-state index in [1.807, 2.05) is 52.8 Å². The summed E-state index contributed by atoms with van der Waals surface area (Å²) < 4.78 is 21.5. The van der Waals surface area contributed by atoms with Crippen LogP contribution in [-0.4, -0.2) is 44.5 Å². The van der Waals surface area contributed by atoms with E-state index in [9.17, 15) is 9.59 Å². The molecule has 2 unspecified atom stereocenters. The standard InChI is InChI=1S/C18H22O2.C15H21BO4/c1-11-9-12(17(19)20-4)5-7-14(11)15-8-6-13-10-16(15)18(13,2)3;1-10-9-11(13(17)18-6)7-8-12(10)16-19-14(2,3)15(4,5)20-16/h5,7-9,13,16H,6,10H2,1-4H3;7-9H,1-6H3. The summed E-state index contributed by atoms with van der Waals surface area (Å²) in [6.07, 6.45) is 4.91. The van der Waals surface area contributed by atoms with Crippen LogP contribution in [0.4, 0.5) is 0 Å². The Morgan fingerprint density at radius 1 is 0.825 bits per heavy atom. The van der Waals surface area contributed by atoms with Crippen molar-refractivity contribution in [3.05, 3.63) is 70.3 Å². The second-order valence-electron chi connectivity index (χ2n) is 12.9. The molecule has 2 fully saturated rings. The quantitative estimate of drug-likeness (QED) is 0.331. The first-order chi connectivity index (χ1) is 18.6. The first kappa shape index (κ1) is 30.1. The lowest BCUT2D eigenvalue weighted by atomic mass is 9.48. The Bertz CT molecular complexity index is 1320. The number of carbonyl (C=O) groups excluding carboxylic acids is 2. The topological polar surface area (TPSA) is 71.1 Å². The molecule has 0 aromatic heterocycles. The minimum Gasteiger partial charge on any atom is -0.465 e. The monoisotopic (exact) mass is 546 g/mol. The molecular formula is C33H43BO6. The predicted molar refractivity (Wildman–Crippen MR) is 159 cm³/mol. The Hall–Kier alpha value is -2.90. The number of carbonyl (C=O) groups is 2. The largest absolute Gasteiger partial charge is 0.495 e. The number of allylic oxidation sites excluding steroid dienone is 2. The average molecular weight is 547 g/mol. The molecule has 1 heterocycles. The maximum absolute atomic E-state index is 11.6. The van der Waals surface area contributed by atoms with E-state index in [2.05, 4.69) is 32.9 Å². The van der Waals surface area contributed by atoms with Crippen LogP contribution >= 0.6 is 0 Å². The summed E-state index contributed by atoms with van der Waals surface area (Å²) >= 11 is 0. The lowest BCUT2D eigenvalue weighted by Gasteiger charge is -2.56. The zero-order valence-corrected chi connectivity index (χ0v) is 25.6. The molecule has 2 aromatic carbocycles. The molecule has 1 saturated heterocycles. The summed E-state index contributed by atoms with van der Waals surface area (Å²) in [7, 11) is 2.39. The number of rotatable bonds is 4. The Morgan fingerprint density at radius 2 is 1.35 bits per heavy atom. The van der Waals surface area contributed by atoms with Crippen LogP contribution in [0.3, 0.4) is 0 Å². The Kier molecular flexibility index (Phi) is 8.14. The summed E-state index contributed by atoms with van der Waals surface area (Å²) in [6.45, 7) is 16.9. The van der Waals surface area contributed by atoms with Crippen molar-refractivity contribution in [1.29, 1.82) is 0 Å². The fourth-order valence-electron chi connectivity index (χ4n) is 6.04. The van der Waals surface area contributed by atoms with Crippen molar-refractivity contribution in [3.8, 4) is 0 Å². The number of esters is 2. The summed E-state index contributed by atoms with van der Waals surface area (Å²) in [5, 5.41) is 0. The summed E-state index contributed by atoms with van der Waals surface area (Å²) in [6, 6.07) is 11.3. The molecule has 6 nitrogen and oxygen atoms in total. The van der Waals surface area contributed by atoms with Gasteiger partial charge in [0, 0.05) is 0 Å². The van der Waals surface area contributed by atoms with Gasteiger partial charge in [0.2, 0.25) is 0 Å². The lowest BCUT2D eigenvalue weighted by molar-refractivity contribution is 0.00578. The first-order valence-electron chi connectivity index (χ1n) is 14.1. The van der Waals surface area contributed by atoms with Gasteiger partial charge in [0.25, 0.3) is 0 Å². The second-order valence-corrected chi connectivity index (χ2v) is 12.9.